The lowest BCUT2D eigenvalue weighted by Crippen LogP contribution is -2.55. The maximum atomic E-state index is 14.5. The molecule has 0 aliphatic rings. The van der Waals surface area contributed by atoms with Crippen molar-refractivity contribution >= 4 is 17.7 Å². The molecule has 0 bridgehead atoms. The number of hydrogen-bond donors (Lipinski definition) is 2. The molecule has 2 rings (SSSR count). The predicted octanol–water partition coefficient (Wildman–Crippen LogP) is 3.26. The fraction of sp³-hybridized carbons (Fsp3) is 0.414. The van der Waals surface area contributed by atoms with Crippen LogP contribution in [0.25, 0.3) is 0 Å². The minimum atomic E-state index is -2.35. The van der Waals surface area contributed by atoms with Gasteiger partial charge in [-0.2, -0.15) is 0 Å². The summed E-state index contributed by atoms with van der Waals surface area (Å²) in [5, 5.41) is 2.24. The fourth-order valence-electron chi connectivity index (χ4n) is 4.09. The molecule has 0 heterocycles. The second-order valence-corrected chi connectivity index (χ2v) is 10.4. The number of halogens is 5. The van der Waals surface area contributed by atoms with E-state index >= 15 is 0 Å². The average Bonchev–Trinajstić information content (AvgIpc) is 2.96. The highest BCUT2D eigenvalue weighted by Gasteiger charge is 2.37. The maximum Gasteiger partial charge on any atom is 0.246 e. The minimum absolute atomic E-state index is 0.0470. The topological polar surface area (TPSA) is 105 Å². The van der Waals surface area contributed by atoms with Crippen LogP contribution in [0.1, 0.15) is 31.4 Å². The summed E-state index contributed by atoms with van der Waals surface area (Å²) in [7, 11) is 5.15. The normalized spacial score (nSPS) is 13.0. The zero-order valence-electron chi connectivity index (χ0n) is 24.2. The number of hydrogen-bond acceptors (Lipinski definition) is 5. The molecule has 13 heteroatoms. The van der Waals surface area contributed by atoms with Gasteiger partial charge in [-0.05, 0) is 44.0 Å². The summed E-state index contributed by atoms with van der Waals surface area (Å²) in [6.45, 7) is 3.53. The number of methoxy groups -OCH3 is 1. The summed E-state index contributed by atoms with van der Waals surface area (Å²) in [5.74, 6) is -12.7. The monoisotopic (exact) mass is 598 g/mol. The lowest BCUT2D eigenvalue weighted by molar-refractivity contribution is -0.146. The molecule has 0 saturated carbocycles. The molecule has 230 valence electrons. The number of rotatable bonds is 12. The predicted molar refractivity (Wildman–Crippen MR) is 146 cm³/mol. The largest absolute Gasteiger partial charge is 0.497 e. The fourth-order valence-corrected chi connectivity index (χ4v) is 4.09. The molecular formula is C29H35F5N4O4. The van der Waals surface area contributed by atoms with Gasteiger partial charge < -0.3 is 25.6 Å². The third-order valence-corrected chi connectivity index (χ3v) is 6.66. The summed E-state index contributed by atoms with van der Waals surface area (Å²) >= 11 is 0. The molecule has 0 aliphatic carbocycles. The van der Waals surface area contributed by atoms with Crippen LogP contribution in [0.3, 0.4) is 0 Å². The molecule has 2 aromatic rings. The summed E-state index contributed by atoms with van der Waals surface area (Å²) in [6.07, 6.45) is 2.06. The van der Waals surface area contributed by atoms with Crippen molar-refractivity contribution in [3.8, 4) is 5.75 Å². The molecule has 0 unspecified atom stereocenters. The van der Waals surface area contributed by atoms with Gasteiger partial charge in [-0.3, -0.25) is 14.4 Å². The van der Waals surface area contributed by atoms with Crippen molar-refractivity contribution in [2.75, 3.05) is 28.3 Å². The van der Waals surface area contributed by atoms with Gasteiger partial charge in [-0.15, -0.1) is 0 Å². The third kappa shape index (κ3) is 8.28. The van der Waals surface area contributed by atoms with Crippen LogP contribution in [0, 0.1) is 29.1 Å². The van der Waals surface area contributed by atoms with Gasteiger partial charge in [0.05, 0.1) is 7.11 Å². The van der Waals surface area contributed by atoms with Crippen LogP contribution in [-0.2, 0) is 27.2 Å². The SMILES string of the molecule is CNC(=O)[C@@H](Cc1c(F)c(F)c(F)c(F)c1F)N(C)C(=O)[C@@H](Cc1ccc(OC)cc1)N(C)C(=O)/C=C/CC(C)(C)N. The van der Waals surface area contributed by atoms with Gasteiger partial charge in [0.1, 0.15) is 17.8 Å². The summed E-state index contributed by atoms with van der Waals surface area (Å²) in [5.41, 5.74) is 4.69. The molecule has 0 aromatic heterocycles. The Morgan fingerprint density at radius 1 is 0.905 bits per heavy atom. The number of amides is 3. The van der Waals surface area contributed by atoms with Gasteiger partial charge >= 0.3 is 0 Å². The lowest BCUT2D eigenvalue weighted by Gasteiger charge is -2.34. The Hall–Kier alpha value is -4.00. The van der Waals surface area contributed by atoms with Gasteiger partial charge in [-0.25, -0.2) is 22.0 Å². The molecule has 0 spiro atoms. The molecule has 0 saturated heterocycles. The van der Waals surface area contributed by atoms with Crippen molar-refractivity contribution in [1.82, 2.24) is 15.1 Å². The van der Waals surface area contributed by atoms with Crippen LogP contribution in [0.15, 0.2) is 36.4 Å². The van der Waals surface area contributed by atoms with E-state index in [-0.39, 0.29) is 6.42 Å². The smallest absolute Gasteiger partial charge is 0.246 e. The van der Waals surface area contributed by atoms with Gasteiger partial charge in [0.2, 0.25) is 23.5 Å². The van der Waals surface area contributed by atoms with Gasteiger partial charge in [0, 0.05) is 45.1 Å². The van der Waals surface area contributed by atoms with Crippen molar-refractivity contribution in [2.45, 2.75) is 50.7 Å². The van der Waals surface area contributed by atoms with E-state index in [0.29, 0.717) is 17.7 Å². The lowest BCUT2D eigenvalue weighted by atomic mass is 9.99. The van der Waals surface area contributed by atoms with E-state index in [1.54, 1.807) is 44.2 Å². The first-order valence-electron chi connectivity index (χ1n) is 12.9. The van der Waals surface area contributed by atoms with Crippen LogP contribution in [0.2, 0.25) is 0 Å². The Morgan fingerprint density at radius 3 is 1.90 bits per heavy atom. The van der Waals surface area contributed by atoms with E-state index in [1.807, 2.05) is 0 Å². The van der Waals surface area contributed by atoms with Crippen LogP contribution < -0.4 is 15.8 Å². The molecule has 0 fully saturated rings. The average molecular weight is 599 g/mol. The highest BCUT2D eigenvalue weighted by Crippen LogP contribution is 2.26. The molecule has 42 heavy (non-hydrogen) atoms. The van der Waals surface area contributed by atoms with Crippen LogP contribution in [0.4, 0.5) is 22.0 Å². The molecule has 0 radical (unpaired) electrons. The van der Waals surface area contributed by atoms with E-state index in [4.69, 9.17) is 10.5 Å². The first-order valence-corrected chi connectivity index (χ1v) is 12.9. The molecular weight excluding hydrogens is 563 g/mol. The minimum Gasteiger partial charge on any atom is -0.497 e. The second-order valence-electron chi connectivity index (χ2n) is 10.4. The number of nitrogens with zero attached hydrogens (tertiary/aromatic N) is 2. The van der Waals surface area contributed by atoms with E-state index in [9.17, 15) is 36.3 Å². The summed E-state index contributed by atoms with van der Waals surface area (Å²) < 4.78 is 75.5. The van der Waals surface area contributed by atoms with Crippen molar-refractivity contribution in [2.24, 2.45) is 5.73 Å². The third-order valence-electron chi connectivity index (χ3n) is 6.66. The molecule has 3 amide bonds. The van der Waals surface area contributed by atoms with Gasteiger partial charge in [0.15, 0.2) is 23.3 Å². The molecule has 2 atom stereocenters. The molecule has 8 nitrogen and oxygen atoms in total. The highest BCUT2D eigenvalue weighted by atomic mass is 19.2. The van der Waals surface area contributed by atoms with Gasteiger partial charge in [-0.1, -0.05) is 18.2 Å². The summed E-state index contributed by atoms with van der Waals surface area (Å²) in [6, 6.07) is 3.66. The number of benzene rings is 2. The number of ether oxygens (including phenoxy) is 1. The number of likely N-dealkylation sites (N-methyl/N-ethyl adjacent to an activating group) is 3. The maximum absolute atomic E-state index is 14.5. The first-order chi connectivity index (χ1) is 19.5. The molecule has 2 aromatic carbocycles. The van der Waals surface area contributed by atoms with Crippen molar-refractivity contribution in [3.05, 3.63) is 76.6 Å². The Balaban J connectivity index is 2.51. The first kappa shape index (κ1) is 34.2. The van der Waals surface area contributed by atoms with E-state index in [1.165, 1.54) is 27.3 Å². The van der Waals surface area contributed by atoms with E-state index in [0.717, 1.165) is 16.8 Å². The zero-order valence-corrected chi connectivity index (χ0v) is 24.2. The van der Waals surface area contributed by atoms with E-state index < -0.39 is 76.4 Å². The number of carbonyl (C=O) groups is 3. The quantitative estimate of drug-likeness (QED) is 0.169. The van der Waals surface area contributed by atoms with Crippen LogP contribution in [-0.4, -0.2) is 73.4 Å². The van der Waals surface area contributed by atoms with Crippen LogP contribution in [0.5, 0.6) is 5.75 Å². The van der Waals surface area contributed by atoms with Crippen LogP contribution >= 0.6 is 0 Å². The van der Waals surface area contributed by atoms with Crippen molar-refractivity contribution in [1.29, 1.82) is 0 Å². The second kappa shape index (κ2) is 14.3. The summed E-state index contributed by atoms with van der Waals surface area (Å²) in [4.78, 5) is 41.6. The number of nitrogens with one attached hydrogen (secondary N) is 1. The molecule has 3 N–H and O–H groups in total. The Labute approximate surface area is 241 Å². The Bertz CT molecular complexity index is 1300. The van der Waals surface area contributed by atoms with Crippen molar-refractivity contribution in [3.63, 3.8) is 0 Å². The highest BCUT2D eigenvalue weighted by molar-refractivity contribution is 5.95. The number of carbonyl (C=O) groups excluding carboxylic acids is 3. The van der Waals surface area contributed by atoms with Crippen molar-refractivity contribution < 1.29 is 41.1 Å². The number of nitrogens with two attached hydrogens (primary N) is 1. The standard InChI is InChI=1S/C29H35F5N4O4/c1-29(2,35)13-7-8-21(39)37(4)20(14-16-9-11-17(42-6)12-10-16)28(41)38(5)19(27(40)36-3)15-18-22(30)24(32)26(34)25(33)23(18)31/h7-12,19-20H,13-15,35H2,1-6H3,(H,36,40)/b8-7+/t19-,20-/m1/s1. The zero-order chi connectivity index (χ0) is 31.9. The van der Waals surface area contributed by atoms with E-state index in [2.05, 4.69) is 5.32 Å². The van der Waals surface area contributed by atoms with Gasteiger partial charge in [0.25, 0.3) is 0 Å². The molecule has 0 aliphatic heterocycles. The Kier molecular flexibility index (Phi) is 11.6. The Morgan fingerprint density at radius 2 is 1.43 bits per heavy atom.